The van der Waals surface area contributed by atoms with Crippen LogP contribution in [0.15, 0.2) is 18.2 Å². The number of rotatable bonds is 6. The number of aliphatic hydroxyl groups is 1. The van der Waals surface area contributed by atoms with Gasteiger partial charge in [0.25, 0.3) is 0 Å². The van der Waals surface area contributed by atoms with E-state index in [9.17, 15) is 4.79 Å². The van der Waals surface area contributed by atoms with Crippen molar-refractivity contribution in [3.63, 3.8) is 0 Å². The van der Waals surface area contributed by atoms with Crippen molar-refractivity contribution in [3.05, 3.63) is 23.8 Å². The Kier molecular flexibility index (Phi) is 6.00. The van der Waals surface area contributed by atoms with Gasteiger partial charge in [0.1, 0.15) is 5.75 Å². The molecule has 2 amide bonds. The molecule has 0 saturated heterocycles. The van der Waals surface area contributed by atoms with Crippen molar-refractivity contribution in [3.8, 4) is 5.75 Å². The second-order valence-corrected chi connectivity index (χ2v) is 3.93. The van der Waals surface area contributed by atoms with Gasteiger partial charge in [-0.3, -0.25) is 0 Å². The summed E-state index contributed by atoms with van der Waals surface area (Å²) in [4.78, 5) is 11.4. The van der Waals surface area contributed by atoms with E-state index < -0.39 is 0 Å². The predicted octanol–water partition coefficient (Wildman–Crippen LogP) is 1.90. The van der Waals surface area contributed by atoms with Crippen LogP contribution in [0.25, 0.3) is 0 Å². The van der Waals surface area contributed by atoms with Gasteiger partial charge in [0.2, 0.25) is 0 Å². The van der Waals surface area contributed by atoms with Crippen molar-refractivity contribution in [2.75, 3.05) is 25.1 Å². The molecule has 1 aromatic rings. The van der Waals surface area contributed by atoms with E-state index in [1.807, 2.05) is 26.0 Å². The molecule has 0 atom stereocenters. The molecule has 0 aliphatic heterocycles. The number of nitrogens with one attached hydrogen (secondary N) is 2. The van der Waals surface area contributed by atoms with Gasteiger partial charge in [0, 0.05) is 12.2 Å². The lowest BCUT2D eigenvalue weighted by atomic mass is 10.2. The minimum absolute atomic E-state index is 0.0732. The Morgan fingerprint density at radius 2 is 2.22 bits per heavy atom. The summed E-state index contributed by atoms with van der Waals surface area (Å²) in [6.45, 7) is 4.80. The predicted molar refractivity (Wildman–Crippen MR) is 71.1 cm³/mol. The van der Waals surface area contributed by atoms with E-state index in [1.165, 1.54) is 0 Å². The van der Waals surface area contributed by atoms with Crippen LogP contribution in [0.1, 0.15) is 18.9 Å². The summed E-state index contributed by atoms with van der Waals surface area (Å²) in [5.74, 6) is 0.802. The summed E-state index contributed by atoms with van der Waals surface area (Å²) in [6.07, 6.45) is 0.961. The van der Waals surface area contributed by atoms with Gasteiger partial charge < -0.3 is 20.5 Å². The van der Waals surface area contributed by atoms with Crippen LogP contribution in [0.3, 0.4) is 0 Å². The number of carbonyl (C=O) groups excluding carboxylic acids is 1. The van der Waals surface area contributed by atoms with Crippen molar-refractivity contribution in [2.45, 2.75) is 20.3 Å². The Morgan fingerprint density at radius 3 is 2.83 bits per heavy atom. The number of hydrogen-bond acceptors (Lipinski definition) is 3. The minimum Gasteiger partial charge on any atom is -0.494 e. The molecule has 0 saturated carbocycles. The molecule has 0 radical (unpaired) electrons. The van der Waals surface area contributed by atoms with E-state index in [1.54, 1.807) is 6.07 Å². The van der Waals surface area contributed by atoms with Crippen LogP contribution in [0, 0.1) is 6.92 Å². The zero-order chi connectivity index (χ0) is 13.4. The molecule has 1 aromatic carbocycles. The average Bonchev–Trinajstić information content (AvgIpc) is 2.36. The molecule has 5 heteroatoms. The van der Waals surface area contributed by atoms with E-state index in [2.05, 4.69) is 10.6 Å². The fourth-order valence-corrected chi connectivity index (χ4v) is 1.42. The van der Waals surface area contributed by atoms with Gasteiger partial charge in [-0.05, 0) is 37.1 Å². The summed E-state index contributed by atoms with van der Waals surface area (Å²) >= 11 is 0. The zero-order valence-corrected chi connectivity index (χ0v) is 10.8. The Labute approximate surface area is 107 Å². The van der Waals surface area contributed by atoms with Gasteiger partial charge in [0.05, 0.1) is 13.2 Å². The topological polar surface area (TPSA) is 70.6 Å². The maximum Gasteiger partial charge on any atom is 0.319 e. The van der Waals surface area contributed by atoms with Crippen LogP contribution < -0.4 is 15.4 Å². The number of aryl methyl sites for hydroxylation is 1. The third kappa shape index (κ3) is 4.63. The highest BCUT2D eigenvalue weighted by molar-refractivity contribution is 5.90. The molecular formula is C13H20N2O3. The second-order valence-electron chi connectivity index (χ2n) is 3.93. The Hall–Kier alpha value is -1.75. The monoisotopic (exact) mass is 252 g/mol. The van der Waals surface area contributed by atoms with Crippen molar-refractivity contribution in [1.82, 2.24) is 5.32 Å². The summed E-state index contributed by atoms with van der Waals surface area (Å²) in [5.41, 5.74) is 1.66. The average molecular weight is 252 g/mol. The number of aliphatic hydroxyl groups excluding tert-OH is 1. The summed E-state index contributed by atoms with van der Waals surface area (Å²) in [7, 11) is 0. The smallest absolute Gasteiger partial charge is 0.319 e. The SMILES string of the molecule is CCCOc1ccc(NC(=O)NCCO)c(C)c1. The maximum atomic E-state index is 11.4. The highest BCUT2D eigenvalue weighted by Gasteiger charge is 2.04. The number of carbonyl (C=O) groups is 1. The lowest BCUT2D eigenvalue weighted by Gasteiger charge is -2.11. The van der Waals surface area contributed by atoms with Crippen LogP contribution in [-0.4, -0.2) is 30.9 Å². The first-order valence-corrected chi connectivity index (χ1v) is 6.06. The van der Waals surface area contributed by atoms with Crippen molar-refractivity contribution < 1.29 is 14.6 Å². The second kappa shape index (κ2) is 7.55. The highest BCUT2D eigenvalue weighted by Crippen LogP contribution is 2.21. The van der Waals surface area contributed by atoms with E-state index in [4.69, 9.17) is 9.84 Å². The van der Waals surface area contributed by atoms with E-state index in [0.717, 1.165) is 23.4 Å². The van der Waals surface area contributed by atoms with Crippen LogP contribution in [-0.2, 0) is 0 Å². The third-order valence-electron chi connectivity index (χ3n) is 2.32. The third-order valence-corrected chi connectivity index (χ3v) is 2.32. The van der Waals surface area contributed by atoms with Gasteiger partial charge in [-0.25, -0.2) is 4.79 Å². The van der Waals surface area contributed by atoms with Crippen LogP contribution >= 0.6 is 0 Å². The van der Waals surface area contributed by atoms with E-state index >= 15 is 0 Å². The number of urea groups is 1. The lowest BCUT2D eigenvalue weighted by Crippen LogP contribution is -2.31. The van der Waals surface area contributed by atoms with E-state index in [0.29, 0.717) is 6.61 Å². The fourth-order valence-electron chi connectivity index (χ4n) is 1.42. The molecule has 1 rings (SSSR count). The Bertz CT molecular complexity index is 394. The van der Waals surface area contributed by atoms with Crippen LogP contribution in [0.4, 0.5) is 10.5 Å². The maximum absolute atomic E-state index is 11.4. The van der Waals surface area contributed by atoms with E-state index in [-0.39, 0.29) is 19.2 Å². The number of anilines is 1. The number of hydrogen-bond donors (Lipinski definition) is 3. The molecule has 0 aliphatic carbocycles. The zero-order valence-electron chi connectivity index (χ0n) is 10.8. The van der Waals surface area contributed by atoms with Crippen molar-refractivity contribution in [2.24, 2.45) is 0 Å². The van der Waals surface area contributed by atoms with Crippen molar-refractivity contribution in [1.29, 1.82) is 0 Å². The summed E-state index contributed by atoms with van der Waals surface area (Å²) < 4.78 is 5.50. The molecule has 0 heterocycles. The number of benzene rings is 1. The van der Waals surface area contributed by atoms with Crippen LogP contribution in [0.5, 0.6) is 5.75 Å². The minimum atomic E-state index is -0.325. The first kappa shape index (κ1) is 14.3. The summed E-state index contributed by atoms with van der Waals surface area (Å²) in [5, 5.41) is 13.8. The lowest BCUT2D eigenvalue weighted by molar-refractivity contribution is 0.245. The molecule has 18 heavy (non-hydrogen) atoms. The Morgan fingerprint density at radius 1 is 1.44 bits per heavy atom. The molecule has 0 aromatic heterocycles. The fraction of sp³-hybridized carbons (Fsp3) is 0.462. The molecule has 0 bridgehead atoms. The number of ether oxygens (including phenoxy) is 1. The highest BCUT2D eigenvalue weighted by atomic mass is 16.5. The molecular weight excluding hydrogens is 232 g/mol. The normalized spacial score (nSPS) is 9.94. The molecule has 0 aliphatic rings. The standard InChI is InChI=1S/C13H20N2O3/c1-3-8-18-11-4-5-12(10(2)9-11)15-13(17)14-6-7-16/h4-5,9,16H,3,6-8H2,1-2H3,(H2,14,15,17). The molecule has 3 N–H and O–H groups in total. The number of amides is 2. The first-order chi connectivity index (χ1) is 8.67. The molecule has 5 nitrogen and oxygen atoms in total. The van der Waals surface area contributed by atoms with Gasteiger partial charge in [-0.15, -0.1) is 0 Å². The van der Waals surface area contributed by atoms with Gasteiger partial charge in [0.15, 0.2) is 0 Å². The van der Waals surface area contributed by atoms with Crippen LogP contribution in [0.2, 0.25) is 0 Å². The molecule has 0 spiro atoms. The molecule has 0 fully saturated rings. The quantitative estimate of drug-likeness (QED) is 0.724. The largest absolute Gasteiger partial charge is 0.494 e. The molecule has 0 unspecified atom stereocenters. The summed E-state index contributed by atoms with van der Waals surface area (Å²) in [6, 6.07) is 5.19. The molecule has 100 valence electrons. The first-order valence-electron chi connectivity index (χ1n) is 6.06. The van der Waals surface area contributed by atoms with Gasteiger partial charge >= 0.3 is 6.03 Å². The Balaban J connectivity index is 2.59. The van der Waals surface area contributed by atoms with Gasteiger partial charge in [-0.2, -0.15) is 0 Å². The van der Waals surface area contributed by atoms with Crippen molar-refractivity contribution >= 4 is 11.7 Å². The van der Waals surface area contributed by atoms with Gasteiger partial charge in [-0.1, -0.05) is 6.92 Å².